The van der Waals surface area contributed by atoms with Crippen LogP contribution < -0.4 is 5.73 Å². The van der Waals surface area contributed by atoms with Gasteiger partial charge in [0.2, 0.25) is 0 Å². The third-order valence-electron chi connectivity index (χ3n) is 2.97. The Morgan fingerprint density at radius 2 is 2.10 bits per heavy atom. The summed E-state index contributed by atoms with van der Waals surface area (Å²) in [6.07, 6.45) is 0.692. The number of methoxy groups -OCH3 is 1. The van der Waals surface area contributed by atoms with Crippen molar-refractivity contribution in [3.05, 3.63) is 38.7 Å². The van der Waals surface area contributed by atoms with Crippen LogP contribution in [0.25, 0.3) is 10.4 Å². The van der Waals surface area contributed by atoms with Crippen molar-refractivity contribution in [1.29, 1.82) is 0 Å². The van der Waals surface area contributed by atoms with Gasteiger partial charge in [-0.15, -0.1) is 11.3 Å². The topological polar surface area (TPSA) is 52.3 Å². The van der Waals surface area contributed by atoms with E-state index in [1.165, 1.54) is 18.4 Å². The highest BCUT2D eigenvalue weighted by Crippen LogP contribution is 2.43. The lowest BCUT2D eigenvalue weighted by Crippen LogP contribution is -2.02. The lowest BCUT2D eigenvalue weighted by Gasteiger charge is -2.06. The highest BCUT2D eigenvalue weighted by Gasteiger charge is 2.22. The van der Waals surface area contributed by atoms with Gasteiger partial charge in [-0.2, -0.15) is 0 Å². The molecule has 0 aliphatic heterocycles. The third-order valence-corrected chi connectivity index (χ3v) is 5.05. The van der Waals surface area contributed by atoms with E-state index >= 15 is 0 Å². The average Bonchev–Trinajstić information content (AvgIpc) is 2.77. The van der Waals surface area contributed by atoms with Crippen LogP contribution in [-0.2, 0) is 11.2 Å². The number of hydrogen-bond acceptors (Lipinski definition) is 4. The molecular formula is C14H13Cl2NO2S. The van der Waals surface area contributed by atoms with E-state index in [9.17, 15) is 4.79 Å². The van der Waals surface area contributed by atoms with Gasteiger partial charge < -0.3 is 10.5 Å². The van der Waals surface area contributed by atoms with Gasteiger partial charge in [-0.1, -0.05) is 42.3 Å². The zero-order valence-electron chi connectivity index (χ0n) is 11.0. The summed E-state index contributed by atoms with van der Waals surface area (Å²) in [7, 11) is 1.33. The van der Waals surface area contributed by atoms with Gasteiger partial charge in [-0.05, 0) is 18.1 Å². The molecular weight excluding hydrogens is 317 g/mol. The molecule has 1 heterocycles. The summed E-state index contributed by atoms with van der Waals surface area (Å²) >= 11 is 13.6. The molecule has 0 aliphatic carbocycles. The minimum absolute atomic E-state index is 0.399. The van der Waals surface area contributed by atoms with Crippen LogP contribution in [0.4, 0.5) is 5.69 Å². The Morgan fingerprint density at radius 1 is 1.40 bits per heavy atom. The summed E-state index contributed by atoms with van der Waals surface area (Å²) in [5.74, 6) is -0.438. The normalized spacial score (nSPS) is 10.6. The van der Waals surface area contributed by atoms with Crippen molar-refractivity contribution in [1.82, 2.24) is 0 Å². The molecule has 0 spiro atoms. The zero-order valence-corrected chi connectivity index (χ0v) is 13.3. The second-order valence-corrected chi connectivity index (χ2v) is 5.90. The smallest absolute Gasteiger partial charge is 0.350 e. The Hall–Kier alpha value is -1.23. The molecule has 1 aromatic carbocycles. The van der Waals surface area contributed by atoms with Crippen LogP contribution in [0.3, 0.4) is 0 Å². The third kappa shape index (κ3) is 2.51. The Kier molecular flexibility index (Phi) is 4.58. The van der Waals surface area contributed by atoms with Gasteiger partial charge in [0, 0.05) is 10.4 Å². The highest BCUT2D eigenvalue weighted by molar-refractivity contribution is 7.18. The maximum absolute atomic E-state index is 11.7. The minimum Gasteiger partial charge on any atom is -0.465 e. The highest BCUT2D eigenvalue weighted by atomic mass is 35.5. The number of carbonyl (C=O) groups excluding carboxylic acids is 1. The molecule has 20 heavy (non-hydrogen) atoms. The van der Waals surface area contributed by atoms with E-state index in [1.54, 1.807) is 6.07 Å². The summed E-state index contributed by atoms with van der Waals surface area (Å²) in [5.41, 5.74) is 8.17. The standard InChI is InChI=1S/C14H13Cl2NO2S/c1-3-7-11(17)13(14(18)19-2)20-12(7)8-5-4-6-9(15)10(8)16/h4-6H,3,17H2,1-2H3. The van der Waals surface area contributed by atoms with E-state index in [-0.39, 0.29) is 0 Å². The number of anilines is 1. The summed E-state index contributed by atoms with van der Waals surface area (Å²) < 4.78 is 4.75. The first-order valence-electron chi connectivity index (χ1n) is 5.95. The molecule has 2 rings (SSSR count). The fourth-order valence-electron chi connectivity index (χ4n) is 1.97. The minimum atomic E-state index is -0.438. The number of rotatable bonds is 3. The number of esters is 1. The first kappa shape index (κ1) is 15.2. The maximum Gasteiger partial charge on any atom is 0.350 e. The van der Waals surface area contributed by atoms with Crippen molar-refractivity contribution < 1.29 is 9.53 Å². The summed E-state index contributed by atoms with van der Waals surface area (Å²) in [4.78, 5) is 13.0. The van der Waals surface area contributed by atoms with Crippen LogP contribution in [0.15, 0.2) is 18.2 Å². The number of nitrogens with two attached hydrogens (primary N) is 1. The van der Waals surface area contributed by atoms with Gasteiger partial charge in [0.1, 0.15) is 4.88 Å². The Balaban J connectivity index is 2.68. The molecule has 0 unspecified atom stereocenters. The van der Waals surface area contributed by atoms with Crippen molar-refractivity contribution in [3.63, 3.8) is 0 Å². The van der Waals surface area contributed by atoms with Crippen LogP contribution in [0.1, 0.15) is 22.2 Å². The second kappa shape index (κ2) is 6.04. The first-order valence-corrected chi connectivity index (χ1v) is 7.52. The van der Waals surface area contributed by atoms with Crippen molar-refractivity contribution >= 4 is 46.2 Å². The van der Waals surface area contributed by atoms with Gasteiger partial charge in [-0.25, -0.2) is 4.79 Å². The van der Waals surface area contributed by atoms with Gasteiger partial charge >= 0.3 is 5.97 Å². The quantitative estimate of drug-likeness (QED) is 0.833. The van der Waals surface area contributed by atoms with Gasteiger partial charge in [0.05, 0.1) is 22.8 Å². The molecule has 2 aromatic rings. The van der Waals surface area contributed by atoms with Crippen LogP contribution in [0, 0.1) is 0 Å². The van der Waals surface area contributed by atoms with Crippen LogP contribution in [0.2, 0.25) is 10.0 Å². The number of hydrogen-bond donors (Lipinski definition) is 1. The number of nitrogen functional groups attached to an aromatic ring is 1. The lowest BCUT2D eigenvalue weighted by molar-refractivity contribution is 0.0607. The second-order valence-electron chi connectivity index (χ2n) is 4.10. The Labute approximate surface area is 131 Å². The number of benzene rings is 1. The van der Waals surface area contributed by atoms with Crippen LogP contribution in [0.5, 0.6) is 0 Å². The fourth-order valence-corrected chi connectivity index (χ4v) is 3.68. The molecule has 0 fully saturated rings. The summed E-state index contributed by atoms with van der Waals surface area (Å²) in [6.45, 7) is 1.97. The molecule has 0 atom stereocenters. The van der Waals surface area contributed by atoms with Crippen LogP contribution >= 0.6 is 34.5 Å². The van der Waals surface area contributed by atoms with Crippen molar-refractivity contribution in [2.24, 2.45) is 0 Å². The fraction of sp³-hybridized carbons (Fsp3) is 0.214. The zero-order chi connectivity index (χ0) is 14.9. The summed E-state index contributed by atoms with van der Waals surface area (Å²) in [5, 5.41) is 0.930. The molecule has 1 aromatic heterocycles. The molecule has 6 heteroatoms. The van der Waals surface area contributed by atoms with E-state index < -0.39 is 5.97 Å². The summed E-state index contributed by atoms with van der Waals surface area (Å²) in [6, 6.07) is 5.40. The molecule has 2 N–H and O–H groups in total. The molecule has 0 saturated carbocycles. The predicted molar refractivity (Wildman–Crippen MR) is 84.9 cm³/mol. The Bertz CT molecular complexity index is 667. The average molecular weight is 330 g/mol. The van der Waals surface area contributed by atoms with E-state index in [2.05, 4.69) is 0 Å². The monoisotopic (exact) mass is 329 g/mol. The first-order chi connectivity index (χ1) is 9.51. The van der Waals surface area contributed by atoms with Crippen molar-refractivity contribution in [2.45, 2.75) is 13.3 Å². The number of halogens is 2. The molecule has 106 valence electrons. The number of thiophene rings is 1. The molecule has 0 bridgehead atoms. The van der Waals surface area contributed by atoms with E-state index in [0.717, 1.165) is 16.0 Å². The largest absolute Gasteiger partial charge is 0.465 e. The van der Waals surface area contributed by atoms with E-state index in [0.29, 0.717) is 27.0 Å². The van der Waals surface area contributed by atoms with Crippen LogP contribution in [-0.4, -0.2) is 13.1 Å². The van der Waals surface area contributed by atoms with Gasteiger partial charge in [0.15, 0.2) is 0 Å². The van der Waals surface area contributed by atoms with E-state index in [1.807, 2.05) is 19.1 Å². The van der Waals surface area contributed by atoms with Crippen molar-refractivity contribution in [3.8, 4) is 10.4 Å². The molecule has 3 nitrogen and oxygen atoms in total. The van der Waals surface area contributed by atoms with Gasteiger partial charge in [-0.3, -0.25) is 0 Å². The number of carbonyl (C=O) groups is 1. The van der Waals surface area contributed by atoms with Crippen molar-refractivity contribution in [2.75, 3.05) is 12.8 Å². The maximum atomic E-state index is 11.7. The lowest BCUT2D eigenvalue weighted by atomic mass is 10.1. The predicted octanol–water partition coefficient (Wildman–Crippen LogP) is 4.65. The molecule has 0 amide bonds. The number of ether oxygens (including phenoxy) is 1. The van der Waals surface area contributed by atoms with Gasteiger partial charge in [0.25, 0.3) is 0 Å². The van der Waals surface area contributed by atoms with E-state index in [4.69, 9.17) is 33.7 Å². The molecule has 0 radical (unpaired) electrons. The SMILES string of the molecule is CCc1c(-c2cccc(Cl)c2Cl)sc(C(=O)OC)c1N. The molecule has 0 saturated heterocycles. The molecule has 0 aliphatic rings. The Morgan fingerprint density at radius 3 is 2.70 bits per heavy atom.